The van der Waals surface area contributed by atoms with Crippen LogP contribution < -0.4 is 5.32 Å². The summed E-state index contributed by atoms with van der Waals surface area (Å²) in [7, 11) is 2.14. The number of nitrogens with one attached hydrogen (secondary N) is 1. The minimum absolute atomic E-state index is 0.617. The molecule has 0 aromatic carbocycles. The van der Waals surface area contributed by atoms with Crippen LogP contribution >= 0.6 is 0 Å². The molecule has 1 atom stereocenters. The van der Waals surface area contributed by atoms with Gasteiger partial charge in [0.25, 0.3) is 0 Å². The van der Waals surface area contributed by atoms with Crippen LogP contribution in [0.15, 0.2) is 0 Å². The second kappa shape index (κ2) is 5.36. The van der Waals surface area contributed by atoms with E-state index in [2.05, 4.69) is 39.7 Å². The standard InChI is InChI=1S/C10H20N6/c1-3-6-16-10(12-13-14-16)8-15(2)9-4-5-11-7-9/h9,11H,3-8H2,1-2H3. The molecule has 1 aromatic heterocycles. The van der Waals surface area contributed by atoms with Crippen LogP contribution in [0.25, 0.3) is 0 Å². The third-order valence-electron chi connectivity index (χ3n) is 3.09. The van der Waals surface area contributed by atoms with Crippen molar-refractivity contribution in [2.24, 2.45) is 0 Å². The van der Waals surface area contributed by atoms with Gasteiger partial charge in [0.2, 0.25) is 0 Å². The zero-order chi connectivity index (χ0) is 11.4. The summed E-state index contributed by atoms with van der Waals surface area (Å²) in [5, 5.41) is 15.2. The van der Waals surface area contributed by atoms with Gasteiger partial charge in [-0.15, -0.1) is 5.10 Å². The first-order valence-corrected chi connectivity index (χ1v) is 5.97. The highest BCUT2D eigenvalue weighted by atomic mass is 15.5. The van der Waals surface area contributed by atoms with Crippen LogP contribution in [0.1, 0.15) is 25.6 Å². The van der Waals surface area contributed by atoms with E-state index in [1.54, 1.807) is 0 Å². The summed E-state index contributed by atoms with van der Waals surface area (Å²) in [5.74, 6) is 0.969. The zero-order valence-electron chi connectivity index (χ0n) is 10.1. The molecule has 1 N–H and O–H groups in total. The Morgan fingerprint density at radius 2 is 2.44 bits per heavy atom. The lowest BCUT2D eigenvalue weighted by Gasteiger charge is -2.22. The fraction of sp³-hybridized carbons (Fsp3) is 0.900. The number of hydrogen-bond donors (Lipinski definition) is 1. The van der Waals surface area contributed by atoms with Gasteiger partial charge in [0.05, 0.1) is 6.54 Å². The summed E-state index contributed by atoms with van der Waals surface area (Å²) >= 11 is 0. The van der Waals surface area contributed by atoms with E-state index in [1.807, 2.05) is 4.68 Å². The molecule has 1 aromatic rings. The second-order valence-electron chi connectivity index (χ2n) is 4.38. The van der Waals surface area contributed by atoms with E-state index in [1.165, 1.54) is 6.42 Å². The van der Waals surface area contributed by atoms with Gasteiger partial charge in [-0.2, -0.15) is 0 Å². The summed E-state index contributed by atoms with van der Waals surface area (Å²) in [5.41, 5.74) is 0. The first kappa shape index (κ1) is 11.5. The smallest absolute Gasteiger partial charge is 0.165 e. The van der Waals surface area contributed by atoms with E-state index in [4.69, 9.17) is 0 Å². The topological polar surface area (TPSA) is 58.9 Å². The average Bonchev–Trinajstić information content (AvgIpc) is 2.90. The lowest BCUT2D eigenvalue weighted by Crippen LogP contribution is -2.33. The van der Waals surface area contributed by atoms with Gasteiger partial charge in [-0.1, -0.05) is 6.92 Å². The fourth-order valence-electron chi connectivity index (χ4n) is 2.09. The minimum atomic E-state index is 0.617. The Morgan fingerprint density at radius 1 is 1.56 bits per heavy atom. The third kappa shape index (κ3) is 2.56. The molecule has 2 heterocycles. The molecule has 2 rings (SSSR count). The molecule has 1 unspecified atom stereocenters. The Kier molecular flexibility index (Phi) is 3.84. The van der Waals surface area contributed by atoms with Crippen molar-refractivity contribution < 1.29 is 0 Å². The molecule has 16 heavy (non-hydrogen) atoms. The number of hydrogen-bond acceptors (Lipinski definition) is 5. The minimum Gasteiger partial charge on any atom is -0.315 e. The molecule has 0 spiro atoms. The molecule has 6 nitrogen and oxygen atoms in total. The fourth-order valence-corrected chi connectivity index (χ4v) is 2.09. The maximum atomic E-state index is 4.09. The van der Waals surface area contributed by atoms with Crippen LogP contribution in [0.3, 0.4) is 0 Å². The quantitative estimate of drug-likeness (QED) is 0.755. The van der Waals surface area contributed by atoms with Crippen molar-refractivity contribution in [1.29, 1.82) is 0 Å². The normalized spacial score (nSPS) is 20.8. The van der Waals surface area contributed by atoms with E-state index in [-0.39, 0.29) is 0 Å². The molecule has 0 bridgehead atoms. The third-order valence-corrected chi connectivity index (χ3v) is 3.09. The molecule has 1 fully saturated rings. The number of likely N-dealkylation sites (N-methyl/N-ethyl adjacent to an activating group) is 1. The van der Waals surface area contributed by atoms with Crippen LogP contribution in [0.5, 0.6) is 0 Å². The summed E-state index contributed by atoms with van der Waals surface area (Å²) in [6.45, 7) is 6.06. The van der Waals surface area contributed by atoms with Gasteiger partial charge in [0.1, 0.15) is 0 Å². The molecule has 0 radical (unpaired) electrons. The molecule has 0 saturated carbocycles. The van der Waals surface area contributed by atoms with Crippen LogP contribution in [-0.4, -0.2) is 51.3 Å². The molecule has 0 amide bonds. The van der Waals surface area contributed by atoms with Crippen LogP contribution in [0.2, 0.25) is 0 Å². The molecule has 1 saturated heterocycles. The number of aryl methyl sites for hydroxylation is 1. The molecular formula is C10H20N6. The van der Waals surface area contributed by atoms with Crippen molar-refractivity contribution in [3.8, 4) is 0 Å². The van der Waals surface area contributed by atoms with Gasteiger partial charge in [-0.05, 0) is 36.9 Å². The van der Waals surface area contributed by atoms with Gasteiger partial charge in [0.15, 0.2) is 5.82 Å². The van der Waals surface area contributed by atoms with E-state index < -0.39 is 0 Å². The van der Waals surface area contributed by atoms with E-state index >= 15 is 0 Å². The first-order valence-electron chi connectivity index (χ1n) is 5.97. The average molecular weight is 224 g/mol. The maximum absolute atomic E-state index is 4.09. The largest absolute Gasteiger partial charge is 0.315 e. The Balaban J connectivity index is 1.94. The van der Waals surface area contributed by atoms with Crippen LogP contribution in [0, 0.1) is 0 Å². The molecule has 6 heteroatoms. The summed E-state index contributed by atoms with van der Waals surface area (Å²) in [6.07, 6.45) is 2.28. The first-order chi connectivity index (χ1) is 7.81. The predicted octanol–water partition coefficient (Wildman–Crippen LogP) is -0.123. The van der Waals surface area contributed by atoms with Crippen molar-refractivity contribution in [3.05, 3.63) is 5.82 Å². The molecular weight excluding hydrogens is 204 g/mol. The summed E-state index contributed by atoms with van der Waals surface area (Å²) < 4.78 is 1.90. The van der Waals surface area contributed by atoms with Crippen molar-refractivity contribution >= 4 is 0 Å². The summed E-state index contributed by atoms with van der Waals surface area (Å²) in [6, 6.07) is 0.617. The molecule has 1 aliphatic rings. The number of rotatable bonds is 5. The Hall–Kier alpha value is -1.01. The SMILES string of the molecule is CCCn1nnnc1CN(C)C1CCNC1. The monoisotopic (exact) mass is 224 g/mol. The predicted molar refractivity (Wildman–Crippen MR) is 60.8 cm³/mol. The van der Waals surface area contributed by atoms with Gasteiger partial charge >= 0.3 is 0 Å². The van der Waals surface area contributed by atoms with Crippen LogP contribution in [0.4, 0.5) is 0 Å². The van der Waals surface area contributed by atoms with Gasteiger partial charge in [-0.3, -0.25) is 4.90 Å². The number of nitrogens with zero attached hydrogens (tertiary/aromatic N) is 5. The molecule has 1 aliphatic heterocycles. The highest BCUT2D eigenvalue weighted by molar-refractivity contribution is 4.85. The molecule has 0 aliphatic carbocycles. The lowest BCUT2D eigenvalue weighted by atomic mass is 10.2. The lowest BCUT2D eigenvalue weighted by molar-refractivity contribution is 0.238. The Labute approximate surface area is 96.0 Å². The molecule has 90 valence electrons. The number of tetrazole rings is 1. The number of aromatic nitrogens is 4. The highest BCUT2D eigenvalue weighted by Crippen LogP contribution is 2.09. The van der Waals surface area contributed by atoms with Crippen molar-refractivity contribution in [3.63, 3.8) is 0 Å². The highest BCUT2D eigenvalue weighted by Gasteiger charge is 2.20. The van der Waals surface area contributed by atoms with E-state index in [0.717, 1.165) is 38.4 Å². The van der Waals surface area contributed by atoms with Crippen molar-refractivity contribution in [2.45, 2.75) is 38.9 Å². The van der Waals surface area contributed by atoms with Gasteiger partial charge in [-0.25, -0.2) is 4.68 Å². The second-order valence-corrected chi connectivity index (χ2v) is 4.38. The van der Waals surface area contributed by atoms with Crippen LogP contribution in [-0.2, 0) is 13.1 Å². The summed E-state index contributed by atoms with van der Waals surface area (Å²) in [4.78, 5) is 2.33. The Bertz CT molecular complexity index is 317. The van der Waals surface area contributed by atoms with Gasteiger partial charge in [0, 0.05) is 19.1 Å². The maximum Gasteiger partial charge on any atom is 0.165 e. The zero-order valence-corrected chi connectivity index (χ0v) is 10.1. The Morgan fingerprint density at radius 3 is 3.12 bits per heavy atom. The van der Waals surface area contributed by atoms with Crippen molar-refractivity contribution in [1.82, 2.24) is 30.4 Å². The van der Waals surface area contributed by atoms with Crippen molar-refractivity contribution in [2.75, 3.05) is 20.1 Å². The van der Waals surface area contributed by atoms with E-state index in [9.17, 15) is 0 Å². The van der Waals surface area contributed by atoms with E-state index in [0.29, 0.717) is 6.04 Å². The van der Waals surface area contributed by atoms with Gasteiger partial charge < -0.3 is 5.32 Å².